The number of halogens is 2. The van der Waals surface area contributed by atoms with Crippen LogP contribution in [0.3, 0.4) is 0 Å². The molecular formula is C18H16F2N2O4S. The highest BCUT2D eigenvalue weighted by molar-refractivity contribution is 7.90. The fraction of sp³-hybridized carbons (Fsp3) is 0.167. The van der Waals surface area contributed by atoms with Crippen molar-refractivity contribution in [2.45, 2.75) is 13.1 Å². The van der Waals surface area contributed by atoms with Gasteiger partial charge in [0.2, 0.25) is 0 Å². The van der Waals surface area contributed by atoms with Gasteiger partial charge in [0.05, 0.1) is 5.69 Å². The zero-order chi connectivity index (χ0) is 19.6. The first kappa shape index (κ1) is 19.0. The Morgan fingerprint density at radius 1 is 1.07 bits per heavy atom. The number of hydrogen-bond donors (Lipinski definition) is 2. The van der Waals surface area contributed by atoms with E-state index in [-0.39, 0.29) is 34.4 Å². The second-order valence-electron chi connectivity index (χ2n) is 5.74. The topological polar surface area (TPSA) is 88.4 Å². The molecule has 1 aromatic heterocycles. The quantitative estimate of drug-likeness (QED) is 0.630. The molecule has 0 bridgehead atoms. The molecular weight excluding hydrogens is 378 g/mol. The molecule has 3 aromatic rings. The van der Waals surface area contributed by atoms with Crippen LogP contribution < -0.4 is 15.1 Å². The molecule has 0 aliphatic heterocycles. The van der Waals surface area contributed by atoms with Gasteiger partial charge in [0, 0.05) is 30.0 Å². The standard InChI is InChI=1S/C18H16F2N2O4S/c1-21-27(24,25)22-15-7-4-5-11(17(15)20)9-13-14(10-19)12-6-2-3-8-16(12)26-18(13)23/h2-8,21-22H,9-10H2,1H3. The summed E-state index contributed by atoms with van der Waals surface area (Å²) in [4.78, 5) is 12.3. The largest absolute Gasteiger partial charge is 0.422 e. The minimum absolute atomic E-state index is 0.0104. The molecule has 0 aliphatic carbocycles. The predicted octanol–water partition coefficient (Wildman–Crippen LogP) is 2.87. The second kappa shape index (κ2) is 7.45. The van der Waals surface area contributed by atoms with Crippen LogP contribution >= 0.6 is 0 Å². The van der Waals surface area contributed by atoms with Crippen molar-refractivity contribution in [2.75, 3.05) is 11.8 Å². The van der Waals surface area contributed by atoms with E-state index in [9.17, 15) is 22.0 Å². The van der Waals surface area contributed by atoms with Gasteiger partial charge in [-0.1, -0.05) is 30.3 Å². The van der Waals surface area contributed by atoms with Gasteiger partial charge in [-0.15, -0.1) is 0 Å². The van der Waals surface area contributed by atoms with E-state index in [2.05, 4.69) is 0 Å². The van der Waals surface area contributed by atoms with E-state index >= 15 is 0 Å². The molecule has 0 unspecified atom stereocenters. The van der Waals surface area contributed by atoms with Crippen LogP contribution in [0.15, 0.2) is 51.7 Å². The smallest absolute Gasteiger partial charge is 0.340 e. The summed E-state index contributed by atoms with van der Waals surface area (Å²) in [6, 6.07) is 10.6. The summed E-state index contributed by atoms with van der Waals surface area (Å²) in [5.41, 5.74) is -0.652. The van der Waals surface area contributed by atoms with Crippen molar-refractivity contribution in [3.63, 3.8) is 0 Å². The van der Waals surface area contributed by atoms with Crippen LogP contribution in [0.2, 0.25) is 0 Å². The van der Waals surface area contributed by atoms with Crippen molar-refractivity contribution in [2.24, 2.45) is 0 Å². The summed E-state index contributed by atoms with van der Waals surface area (Å²) in [6.45, 7) is -0.921. The molecule has 0 fully saturated rings. The summed E-state index contributed by atoms with van der Waals surface area (Å²) < 4.78 is 60.8. The summed E-state index contributed by atoms with van der Waals surface area (Å²) in [5, 5.41) is 0.432. The molecule has 0 amide bonds. The van der Waals surface area contributed by atoms with Crippen molar-refractivity contribution in [3.05, 3.63) is 75.4 Å². The van der Waals surface area contributed by atoms with Crippen LogP contribution in [0.4, 0.5) is 14.5 Å². The Labute approximate surface area is 154 Å². The number of fused-ring (bicyclic) bond motifs is 1. The first-order valence-corrected chi connectivity index (χ1v) is 9.43. The van der Waals surface area contributed by atoms with Gasteiger partial charge in [-0.2, -0.15) is 8.42 Å². The lowest BCUT2D eigenvalue weighted by Gasteiger charge is -2.12. The highest BCUT2D eigenvalue weighted by Gasteiger charge is 2.19. The number of para-hydroxylation sites is 1. The van der Waals surface area contributed by atoms with Crippen LogP contribution in [-0.2, 0) is 23.3 Å². The Kier molecular flexibility index (Phi) is 5.24. The maximum Gasteiger partial charge on any atom is 0.340 e. The molecule has 6 nitrogen and oxygen atoms in total. The molecule has 0 saturated carbocycles. The van der Waals surface area contributed by atoms with Crippen LogP contribution in [0, 0.1) is 5.82 Å². The van der Waals surface area contributed by atoms with Crippen LogP contribution in [0.5, 0.6) is 0 Å². The van der Waals surface area contributed by atoms with E-state index < -0.39 is 28.3 Å². The van der Waals surface area contributed by atoms with Crippen LogP contribution in [0.25, 0.3) is 11.0 Å². The van der Waals surface area contributed by atoms with E-state index in [4.69, 9.17) is 4.42 Å². The summed E-state index contributed by atoms with van der Waals surface area (Å²) >= 11 is 0. The molecule has 2 N–H and O–H groups in total. The number of alkyl halides is 1. The van der Waals surface area contributed by atoms with Gasteiger partial charge in [0.25, 0.3) is 10.2 Å². The fourth-order valence-electron chi connectivity index (χ4n) is 2.77. The molecule has 2 aromatic carbocycles. The van der Waals surface area contributed by atoms with Crippen LogP contribution in [-0.4, -0.2) is 15.5 Å². The first-order chi connectivity index (χ1) is 12.9. The normalized spacial score (nSPS) is 11.7. The van der Waals surface area contributed by atoms with Crippen molar-refractivity contribution in [1.82, 2.24) is 4.72 Å². The zero-order valence-electron chi connectivity index (χ0n) is 14.3. The molecule has 27 heavy (non-hydrogen) atoms. The molecule has 9 heteroatoms. The summed E-state index contributed by atoms with van der Waals surface area (Å²) in [6.07, 6.45) is -0.243. The molecule has 142 valence electrons. The maximum atomic E-state index is 14.7. The third-order valence-electron chi connectivity index (χ3n) is 4.12. The SMILES string of the molecule is CNS(=O)(=O)Nc1cccc(Cc2c(CF)c3ccccc3oc2=O)c1F. The molecule has 0 spiro atoms. The monoisotopic (exact) mass is 394 g/mol. The van der Waals surface area contributed by atoms with Crippen molar-refractivity contribution in [1.29, 1.82) is 0 Å². The third kappa shape index (κ3) is 3.83. The van der Waals surface area contributed by atoms with Crippen molar-refractivity contribution < 1.29 is 21.6 Å². The molecule has 0 radical (unpaired) electrons. The van der Waals surface area contributed by atoms with Gasteiger partial charge < -0.3 is 4.42 Å². The number of nitrogens with one attached hydrogen (secondary N) is 2. The van der Waals surface area contributed by atoms with Gasteiger partial charge in [0.15, 0.2) is 5.82 Å². The lowest BCUT2D eigenvalue weighted by atomic mass is 9.98. The predicted molar refractivity (Wildman–Crippen MR) is 98.1 cm³/mol. The van der Waals surface area contributed by atoms with E-state index in [0.717, 1.165) is 0 Å². The number of benzene rings is 2. The number of anilines is 1. The third-order valence-corrected chi connectivity index (χ3v) is 5.14. The maximum absolute atomic E-state index is 14.7. The minimum Gasteiger partial charge on any atom is -0.422 e. The number of hydrogen-bond acceptors (Lipinski definition) is 4. The second-order valence-corrected chi connectivity index (χ2v) is 7.36. The minimum atomic E-state index is -3.91. The molecule has 0 aliphatic rings. The first-order valence-electron chi connectivity index (χ1n) is 7.94. The molecule has 0 atom stereocenters. The van der Waals surface area contributed by atoms with Gasteiger partial charge in [-0.05, 0) is 17.7 Å². The van der Waals surface area contributed by atoms with Crippen LogP contribution in [0.1, 0.15) is 16.7 Å². The van der Waals surface area contributed by atoms with Gasteiger partial charge in [0.1, 0.15) is 12.3 Å². The number of rotatable bonds is 6. The fourth-order valence-corrected chi connectivity index (χ4v) is 3.31. The summed E-state index contributed by atoms with van der Waals surface area (Å²) in [5.74, 6) is -0.853. The van der Waals surface area contributed by atoms with E-state index in [0.29, 0.717) is 5.39 Å². The Bertz CT molecular complexity index is 1160. The lowest BCUT2D eigenvalue weighted by Crippen LogP contribution is -2.27. The highest BCUT2D eigenvalue weighted by atomic mass is 32.2. The Morgan fingerprint density at radius 2 is 1.81 bits per heavy atom. The van der Waals surface area contributed by atoms with Gasteiger partial charge >= 0.3 is 5.63 Å². The lowest BCUT2D eigenvalue weighted by molar-refractivity contribution is 0.476. The Hall–Kier alpha value is -2.78. The molecule has 1 heterocycles. The summed E-state index contributed by atoms with van der Waals surface area (Å²) in [7, 11) is -2.74. The molecule has 0 saturated heterocycles. The van der Waals surface area contributed by atoms with Gasteiger partial charge in [-0.25, -0.2) is 18.3 Å². The van der Waals surface area contributed by atoms with Gasteiger partial charge in [-0.3, -0.25) is 4.72 Å². The van der Waals surface area contributed by atoms with E-state index in [1.807, 2.05) is 9.44 Å². The Morgan fingerprint density at radius 3 is 2.52 bits per heavy atom. The van der Waals surface area contributed by atoms with E-state index in [1.54, 1.807) is 24.3 Å². The highest BCUT2D eigenvalue weighted by Crippen LogP contribution is 2.25. The van der Waals surface area contributed by atoms with Crippen molar-refractivity contribution >= 4 is 26.9 Å². The average molecular weight is 394 g/mol. The van der Waals surface area contributed by atoms with E-state index in [1.165, 1.54) is 25.2 Å². The average Bonchev–Trinajstić information content (AvgIpc) is 2.65. The Balaban J connectivity index is 2.08. The zero-order valence-corrected chi connectivity index (χ0v) is 15.1. The van der Waals surface area contributed by atoms with Crippen molar-refractivity contribution in [3.8, 4) is 0 Å². The molecule has 3 rings (SSSR count).